The minimum atomic E-state index is -5.19. The van der Waals surface area contributed by atoms with Crippen molar-refractivity contribution in [2.75, 3.05) is 0 Å². The second-order valence-electron chi connectivity index (χ2n) is 2.15. The van der Waals surface area contributed by atoms with Crippen LogP contribution in [0.5, 0.6) is 0 Å². The molecule has 76 valence electrons. The van der Waals surface area contributed by atoms with E-state index in [1.807, 2.05) is 0 Å². The van der Waals surface area contributed by atoms with Gasteiger partial charge in [0.1, 0.15) is 0 Å². The number of hydrogen-bond donors (Lipinski definition) is 0. The number of rotatable bonds is 1. The minimum Gasteiger partial charge on any atom is -0.457 e. The van der Waals surface area contributed by atoms with Gasteiger partial charge in [0.25, 0.3) is 0 Å². The first kappa shape index (κ1) is 10.3. The molecule has 0 amide bonds. The van der Waals surface area contributed by atoms with E-state index in [9.17, 15) is 22.8 Å². The smallest absolute Gasteiger partial charge is 0.457 e. The first-order valence-electron chi connectivity index (χ1n) is 3.28. The van der Waals surface area contributed by atoms with Crippen molar-refractivity contribution in [3.05, 3.63) is 24.2 Å². The van der Waals surface area contributed by atoms with E-state index in [-0.39, 0.29) is 0 Å². The van der Waals surface area contributed by atoms with Crippen LogP contribution >= 0.6 is 0 Å². The van der Waals surface area contributed by atoms with Crippen molar-refractivity contribution in [3.63, 3.8) is 0 Å². The van der Waals surface area contributed by atoms with Gasteiger partial charge >= 0.3 is 18.1 Å². The fraction of sp³-hybridized carbons (Fsp3) is 0.143. The lowest BCUT2D eigenvalue weighted by Crippen LogP contribution is -2.27. The van der Waals surface area contributed by atoms with E-state index in [2.05, 4.69) is 9.15 Å². The van der Waals surface area contributed by atoms with Gasteiger partial charge in [-0.05, 0) is 12.1 Å². The third-order valence-corrected chi connectivity index (χ3v) is 1.14. The number of ether oxygens (including phenoxy) is 1. The number of carbonyl (C=O) groups excluding carboxylic acids is 2. The Hall–Kier alpha value is -1.79. The van der Waals surface area contributed by atoms with E-state index < -0.39 is 23.9 Å². The molecule has 0 N–H and O–H groups in total. The highest BCUT2D eigenvalue weighted by molar-refractivity contribution is 5.96. The van der Waals surface area contributed by atoms with E-state index >= 15 is 0 Å². The molecule has 0 aliphatic carbocycles. The average Bonchev–Trinajstić information content (AvgIpc) is 2.53. The summed E-state index contributed by atoms with van der Waals surface area (Å²) < 4.78 is 42.7. The van der Waals surface area contributed by atoms with Crippen LogP contribution in [0.2, 0.25) is 0 Å². The molecule has 0 saturated carbocycles. The van der Waals surface area contributed by atoms with Gasteiger partial charge in [-0.1, -0.05) is 0 Å². The third-order valence-electron chi connectivity index (χ3n) is 1.14. The maximum atomic E-state index is 11.6. The Labute approximate surface area is 75.3 Å². The molecule has 4 nitrogen and oxygen atoms in total. The molecular weight excluding hydrogens is 205 g/mol. The maximum Gasteiger partial charge on any atom is 0.491 e. The molecule has 0 atom stereocenters. The zero-order chi connectivity index (χ0) is 10.8. The number of esters is 2. The predicted molar refractivity (Wildman–Crippen MR) is 35.2 cm³/mol. The molecule has 0 aliphatic rings. The highest BCUT2D eigenvalue weighted by atomic mass is 19.4. The van der Waals surface area contributed by atoms with E-state index in [0.29, 0.717) is 0 Å². The molecule has 0 unspecified atom stereocenters. The maximum absolute atomic E-state index is 11.6. The molecule has 0 bridgehead atoms. The van der Waals surface area contributed by atoms with Gasteiger partial charge in [0.2, 0.25) is 5.76 Å². The van der Waals surface area contributed by atoms with Crippen LogP contribution in [-0.4, -0.2) is 18.1 Å². The highest BCUT2D eigenvalue weighted by Crippen LogP contribution is 2.17. The van der Waals surface area contributed by atoms with Crippen molar-refractivity contribution < 1.29 is 31.9 Å². The minimum absolute atomic E-state index is 0.470. The van der Waals surface area contributed by atoms with Crippen LogP contribution in [0, 0.1) is 0 Å². The number of furan rings is 1. The Bertz CT molecular complexity index is 338. The summed E-state index contributed by atoms with van der Waals surface area (Å²) in [5.41, 5.74) is 0. The molecule has 14 heavy (non-hydrogen) atoms. The van der Waals surface area contributed by atoms with E-state index in [1.54, 1.807) is 0 Å². The van der Waals surface area contributed by atoms with Crippen molar-refractivity contribution in [1.29, 1.82) is 0 Å². The quantitative estimate of drug-likeness (QED) is 0.518. The predicted octanol–water partition coefficient (Wildman–Crippen LogP) is 1.53. The Morgan fingerprint density at radius 1 is 1.36 bits per heavy atom. The van der Waals surface area contributed by atoms with Crippen molar-refractivity contribution in [1.82, 2.24) is 0 Å². The lowest BCUT2D eigenvalue weighted by Gasteiger charge is -2.03. The molecule has 7 heteroatoms. The highest BCUT2D eigenvalue weighted by Gasteiger charge is 2.42. The second-order valence-corrected chi connectivity index (χ2v) is 2.15. The number of halogens is 3. The second kappa shape index (κ2) is 3.52. The topological polar surface area (TPSA) is 56.5 Å². The summed E-state index contributed by atoms with van der Waals surface area (Å²) in [4.78, 5) is 20.9. The summed E-state index contributed by atoms with van der Waals surface area (Å²) in [7, 11) is 0. The third kappa shape index (κ3) is 2.35. The van der Waals surface area contributed by atoms with Gasteiger partial charge in [0.15, 0.2) is 0 Å². The lowest BCUT2D eigenvalue weighted by atomic mass is 10.4. The Kier molecular flexibility index (Phi) is 2.59. The zero-order valence-electron chi connectivity index (χ0n) is 6.50. The standard InChI is InChI=1S/C7H3F3O4/c8-7(9,10)6(12)14-5(11)4-2-1-3-13-4/h1-3H. The van der Waals surface area contributed by atoms with Crippen molar-refractivity contribution in [3.8, 4) is 0 Å². The lowest BCUT2D eigenvalue weighted by molar-refractivity contribution is -0.193. The van der Waals surface area contributed by atoms with Crippen molar-refractivity contribution in [2.45, 2.75) is 6.18 Å². The normalized spacial score (nSPS) is 11.1. The summed E-state index contributed by atoms with van der Waals surface area (Å²) >= 11 is 0. The Morgan fingerprint density at radius 2 is 2.00 bits per heavy atom. The van der Waals surface area contributed by atoms with Gasteiger partial charge in [-0.15, -0.1) is 0 Å². The molecule has 1 aromatic rings. The Balaban J connectivity index is 2.63. The SMILES string of the molecule is O=C(OC(=O)C(F)(F)F)c1ccco1. The van der Waals surface area contributed by atoms with Gasteiger partial charge in [0.05, 0.1) is 6.26 Å². The molecule has 1 aromatic heterocycles. The van der Waals surface area contributed by atoms with Crippen LogP contribution in [0.1, 0.15) is 10.6 Å². The van der Waals surface area contributed by atoms with Crippen molar-refractivity contribution >= 4 is 11.9 Å². The number of hydrogen-bond acceptors (Lipinski definition) is 4. The number of alkyl halides is 3. The molecular formula is C7H3F3O4. The molecule has 0 fully saturated rings. The molecule has 0 radical (unpaired) electrons. The van der Waals surface area contributed by atoms with Gasteiger partial charge in [-0.25, -0.2) is 9.59 Å². The zero-order valence-corrected chi connectivity index (χ0v) is 6.50. The summed E-state index contributed by atoms with van der Waals surface area (Å²) in [6, 6.07) is 2.35. The number of carbonyl (C=O) groups is 2. The van der Waals surface area contributed by atoms with E-state index in [4.69, 9.17) is 0 Å². The van der Waals surface area contributed by atoms with Crippen LogP contribution in [0.4, 0.5) is 13.2 Å². The van der Waals surface area contributed by atoms with Crippen LogP contribution in [0.15, 0.2) is 22.8 Å². The summed E-state index contributed by atoms with van der Waals surface area (Å²) in [6.45, 7) is 0. The summed E-state index contributed by atoms with van der Waals surface area (Å²) in [5.74, 6) is -4.51. The summed E-state index contributed by atoms with van der Waals surface area (Å²) in [6.07, 6.45) is -4.13. The van der Waals surface area contributed by atoms with Gasteiger partial charge in [0, 0.05) is 0 Å². The fourth-order valence-corrected chi connectivity index (χ4v) is 0.587. The van der Waals surface area contributed by atoms with E-state index in [0.717, 1.165) is 12.3 Å². The van der Waals surface area contributed by atoms with Crippen molar-refractivity contribution in [2.24, 2.45) is 0 Å². The molecule has 0 aromatic carbocycles. The first-order chi connectivity index (χ1) is 6.41. The molecule has 1 heterocycles. The summed E-state index contributed by atoms with van der Waals surface area (Å²) in [5, 5.41) is 0. The first-order valence-corrected chi connectivity index (χ1v) is 3.28. The molecule has 0 aliphatic heterocycles. The van der Waals surface area contributed by atoms with Gasteiger partial charge in [-0.2, -0.15) is 13.2 Å². The van der Waals surface area contributed by atoms with Crippen LogP contribution < -0.4 is 0 Å². The van der Waals surface area contributed by atoms with Crippen LogP contribution in [0.25, 0.3) is 0 Å². The largest absolute Gasteiger partial charge is 0.491 e. The fourth-order valence-electron chi connectivity index (χ4n) is 0.587. The van der Waals surface area contributed by atoms with E-state index in [1.165, 1.54) is 6.07 Å². The molecule has 0 spiro atoms. The monoisotopic (exact) mass is 208 g/mol. The van der Waals surface area contributed by atoms with Gasteiger partial charge < -0.3 is 9.15 Å². The molecule has 0 saturated heterocycles. The molecule has 1 rings (SSSR count). The van der Waals surface area contributed by atoms with Gasteiger partial charge in [-0.3, -0.25) is 0 Å². The Morgan fingerprint density at radius 3 is 2.43 bits per heavy atom. The average molecular weight is 208 g/mol. The van der Waals surface area contributed by atoms with Crippen LogP contribution in [0.3, 0.4) is 0 Å². The van der Waals surface area contributed by atoms with Crippen LogP contribution in [-0.2, 0) is 9.53 Å².